The van der Waals surface area contributed by atoms with Crippen molar-refractivity contribution in [1.29, 1.82) is 0 Å². The van der Waals surface area contributed by atoms with E-state index in [4.69, 9.17) is 13.0 Å². The summed E-state index contributed by atoms with van der Waals surface area (Å²) in [6.07, 6.45) is 3.62. The number of piperidine rings is 1. The van der Waals surface area contributed by atoms with Crippen LogP contribution in [0.15, 0.2) is 0 Å². The van der Waals surface area contributed by atoms with Gasteiger partial charge in [-0.2, -0.15) is 0 Å². The van der Waals surface area contributed by atoms with E-state index in [1.54, 1.807) is 0 Å². The molecule has 0 aliphatic carbocycles. The van der Waals surface area contributed by atoms with Gasteiger partial charge in [0.15, 0.2) is 0 Å². The second-order valence-corrected chi connectivity index (χ2v) is 10.7. The van der Waals surface area contributed by atoms with E-state index in [0.717, 1.165) is 25.9 Å². The van der Waals surface area contributed by atoms with Crippen molar-refractivity contribution < 1.29 is 13.0 Å². The van der Waals surface area contributed by atoms with Crippen LogP contribution < -0.4 is 0 Å². The average molecular weight is 290 g/mol. The molecule has 2 aliphatic heterocycles. The van der Waals surface area contributed by atoms with Gasteiger partial charge in [-0.25, -0.2) is 0 Å². The molecule has 4 nitrogen and oxygen atoms in total. The first-order valence-corrected chi connectivity index (χ1v) is 9.62. The molecule has 0 N–H and O–H groups in total. The minimum atomic E-state index is -1.55. The van der Waals surface area contributed by atoms with Gasteiger partial charge < -0.3 is 13.0 Å². The van der Waals surface area contributed by atoms with Crippen LogP contribution in [0, 0.1) is 0 Å². The van der Waals surface area contributed by atoms with Gasteiger partial charge in [-0.1, -0.05) is 6.92 Å². The second kappa shape index (κ2) is 5.34. The number of rotatable bonds is 4. The van der Waals surface area contributed by atoms with Gasteiger partial charge in [-0.3, -0.25) is 4.57 Å². The van der Waals surface area contributed by atoms with Gasteiger partial charge in [0.25, 0.3) is 10.0 Å². The maximum Gasteiger partial charge on any atom is 0.393 e. The van der Waals surface area contributed by atoms with Crippen LogP contribution in [0.1, 0.15) is 53.9 Å². The maximum absolute atomic E-state index is 6.00. The summed E-state index contributed by atoms with van der Waals surface area (Å²) in [4.78, 5) is 0. The van der Waals surface area contributed by atoms with Crippen LogP contribution in [0.3, 0.4) is 0 Å². The molecule has 2 fully saturated rings. The summed E-state index contributed by atoms with van der Waals surface area (Å²) in [5, 5.41) is 0. The molecule has 0 spiro atoms. The first-order valence-electron chi connectivity index (χ1n) is 7.01. The molecule has 0 radical (unpaired) electrons. The van der Waals surface area contributed by atoms with E-state index in [-0.39, 0.29) is 11.1 Å². The minimum Gasteiger partial charge on any atom is -0.410 e. The summed E-state index contributed by atoms with van der Waals surface area (Å²) in [6, 6.07) is 0. The predicted molar refractivity (Wildman–Crippen MR) is 77.1 cm³/mol. The molecule has 2 aliphatic rings. The highest BCUT2D eigenvalue weighted by Gasteiger charge is 2.52. The lowest BCUT2D eigenvalue weighted by molar-refractivity contribution is -0.0808. The van der Waals surface area contributed by atoms with Crippen LogP contribution in [0.2, 0.25) is 0 Å². The van der Waals surface area contributed by atoms with E-state index < -0.39 is 19.5 Å². The Balaban J connectivity index is 2.08. The van der Waals surface area contributed by atoms with E-state index >= 15 is 0 Å². The Morgan fingerprint density at radius 3 is 2.17 bits per heavy atom. The van der Waals surface area contributed by atoms with Gasteiger partial charge in [0.05, 0.1) is 6.10 Å². The Morgan fingerprint density at radius 2 is 1.78 bits per heavy atom. The monoisotopic (exact) mass is 289 g/mol. The maximum atomic E-state index is 6.00. The Hall–Kier alpha value is 0.274. The van der Waals surface area contributed by atoms with Crippen molar-refractivity contribution in [2.45, 2.75) is 71.1 Å². The molecule has 0 aromatic carbocycles. The quantitative estimate of drug-likeness (QED) is 0.728. The SMILES string of the molecule is CCCOC1CC(C)(C)N([SiH]2O[SiH2]O2)C(C)(C)C1. The highest BCUT2D eigenvalue weighted by atomic mass is 28.4. The Kier molecular flexibility index (Phi) is 4.35. The van der Waals surface area contributed by atoms with Gasteiger partial charge in [0, 0.05) is 17.7 Å². The molecule has 2 heterocycles. The fraction of sp³-hybridized carbons (Fsp3) is 1.00. The molecule has 0 unspecified atom stereocenters. The van der Waals surface area contributed by atoms with Crippen molar-refractivity contribution in [3.8, 4) is 0 Å². The largest absolute Gasteiger partial charge is 0.410 e. The van der Waals surface area contributed by atoms with Crippen molar-refractivity contribution in [3.63, 3.8) is 0 Å². The van der Waals surface area contributed by atoms with Crippen LogP contribution in [0.5, 0.6) is 0 Å². The van der Waals surface area contributed by atoms with Gasteiger partial charge in [0.2, 0.25) is 0 Å². The Labute approximate surface area is 115 Å². The number of hydrogen-bond donors (Lipinski definition) is 0. The average Bonchev–Trinajstić information content (AvgIpc) is 2.16. The van der Waals surface area contributed by atoms with E-state index in [1.165, 1.54) is 0 Å². The van der Waals surface area contributed by atoms with Crippen molar-refractivity contribution in [1.82, 2.24) is 4.57 Å². The van der Waals surface area contributed by atoms with E-state index in [0.29, 0.717) is 6.10 Å². The third-order valence-electron chi connectivity index (χ3n) is 3.95. The molecule has 18 heavy (non-hydrogen) atoms. The zero-order chi connectivity index (χ0) is 13.4. The lowest BCUT2D eigenvalue weighted by atomic mass is 9.81. The molecular formula is C12H27NO3Si2. The van der Waals surface area contributed by atoms with Gasteiger partial charge in [-0.15, -0.1) is 0 Å². The fourth-order valence-corrected chi connectivity index (χ4v) is 7.03. The normalized spacial score (nSPS) is 33.5. The molecule has 6 heteroatoms. The van der Waals surface area contributed by atoms with E-state index in [2.05, 4.69) is 39.2 Å². The molecule has 0 saturated carbocycles. The summed E-state index contributed by atoms with van der Waals surface area (Å²) in [7, 11) is -2.17. The molecule has 0 atom stereocenters. The van der Waals surface area contributed by atoms with Crippen LogP contribution >= 0.6 is 0 Å². The van der Waals surface area contributed by atoms with Crippen LogP contribution in [0.4, 0.5) is 0 Å². The lowest BCUT2D eigenvalue weighted by Gasteiger charge is -2.58. The summed E-state index contributed by atoms with van der Waals surface area (Å²) in [5.41, 5.74) is 0.234. The number of ether oxygens (including phenoxy) is 1. The van der Waals surface area contributed by atoms with E-state index in [1.807, 2.05) is 0 Å². The van der Waals surface area contributed by atoms with E-state index in [9.17, 15) is 0 Å². The summed E-state index contributed by atoms with van der Waals surface area (Å²) in [5.74, 6) is 0. The first kappa shape index (κ1) is 14.7. The number of hydrogen-bond acceptors (Lipinski definition) is 4. The molecule has 0 bridgehead atoms. The smallest absolute Gasteiger partial charge is 0.393 e. The third kappa shape index (κ3) is 2.89. The van der Waals surface area contributed by atoms with Crippen LogP contribution in [0.25, 0.3) is 0 Å². The number of nitrogens with zero attached hydrogens (tertiary/aromatic N) is 1. The van der Waals surface area contributed by atoms with Crippen LogP contribution in [-0.4, -0.2) is 47.8 Å². The third-order valence-corrected chi connectivity index (χ3v) is 9.14. The first-order chi connectivity index (χ1) is 8.37. The fourth-order valence-electron chi connectivity index (χ4n) is 3.45. The van der Waals surface area contributed by atoms with Gasteiger partial charge in [-0.05, 0) is 47.0 Å². The summed E-state index contributed by atoms with van der Waals surface area (Å²) >= 11 is 0. The highest BCUT2D eigenvalue weighted by Crippen LogP contribution is 2.41. The van der Waals surface area contributed by atoms with Crippen molar-refractivity contribution >= 4 is 19.5 Å². The zero-order valence-corrected chi connectivity index (χ0v) is 14.9. The second-order valence-electron chi connectivity index (χ2n) is 6.65. The summed E-state index contributed by atoms with van der Waals surface area (Å²) < 4.78 is 20.1. The predicted octanol–water partition coefficient (Wildman–Crippen LogP) is 1.20. The highest BCUT2D eigenvalue weighted by molar-refractivity contribution is 6.62. The molecule has 2 saturated heterocycles. The molecule has 106 valence electrons. The Morgan fingerprint density at radius 1 is 1.22 bits per heavy atom. The van der Waals surface area contributed by atoms with Crippen LogP contribution in [-0.2, 0) is 13.0 Å². The Bertz CT molecular complexity index is 277. The topological polar surface area (TPSA) is 30.9 Å². The molecule has 0 aromatic rings. The van der Waals surface area contributed by atoms with Gasteiger partial charge >= 0.3 is 9.45 Å². The molecule has 0 aromatic heterocycles. The van der Waals surface area contributed by atoms with Gasteiger partial charge in [0.1, 0.15) is 0 Å². The molecular weight excluding hydrogens is 262 g/mol. The standard InChI is InChI=1S/C12H27NO3Si2/c1-6-7-14-10-8-11(2,3)13(12(4,5)9-10)18-15-17-16-18/h10,18H,6-9,17H2,1-5H3. The van der Waals surface area contributed by atoms with Crippen molar-refractivity contribution in [2.75, 3.05) is 6.61 Å². The zero-order valence-electron chi connectivity index (χ0n) is 12.4. The molecule has 0 amide bonds. The minimum absolute atomic E-state index is 0.117. The summed E-state index contributed by atoms with van der Waals surface area (Å²) in [6.45, 7) is 12.2. The van der Waals surface area contributed by atoms with Crippen molar-refractivity contribution in [3.05, 3.63) is 0 Å². The molecule has 2 rings (SSSR count). The van der Waals surface area contributed by atoms with Crippen molar-refractivity contribution in [2.24, 2.45) is 0 Å². The lowest BCUT2D eigenvalue weighted by Crippen LogP contribution is -2.71.